The number of carboxylic acid groups (broad SMARTS) is 1. The monoisotopic (exact) mass is 358 g/mol. The lowest BCUT2D eigenvalue weighted by molar-refractivity contribution is 0.0459. The molecule has 1 unspecified atom stereocenters. The minimum atomic E-state index is -5.19. The summed E-state index contributed by atoms with van der Waals surface area (Å²) in [7, 11) is -5.19. The van der Waals surface area contributed by atoms with Gasteiger partial charge in [0.25, 0.3) is 0 Å². The van der Waals surface area contributed by atoms with Crippen LogP contribution >= 0.6 is 23.5 Å². The largest absolute Gasteiger partial charge is 0.478 e. The van der Waals surface area contributed by atoms with Crippen molar-refractivity contribution in [3.8, 4) is 0 Å². The fourth-order valence-electron chi connectivity index (χ4n) is 1.30. The lowest BCUT2D eigenvalue weighted by atomic mass is 10.1. The van der Waals surface area contributed by atoms with Gasteiger partial charge in [-0.3, -0.25) is 4.57 Å². The molecule has 0 fully saturated rings. The van der Waals surface area contributed by atoms with Gasteiger partial charge in [0.2, 0.25) is 0 Å². The van der Waals surface area contributed by atoms with Gasteiger partial charge in [0, 0.05) is 10.0 Å². The summed E-state index contributed by atoms with van der Waals surface area (Å²) in [6.07, 6.45) is 0. The quantitative estimate of drug-likeness (QED) is 0.788. The Kier molecular flexibility index (Phi) is 4.84. The molecule has 0 aromatic heterocycles. The van der Waals surface area contributed by atoms with Crippen molar-refractivity contribution < 1.29 is 32.7 Å². The number of aromatic carboxylic acids is 1. The first-order valence-corrected chi connectivity index (χ1v) is 7.39. The van der Waals surface area contributed by atoms with Crippen molar-refractivity contribution in [2.45, 2.75) is 12.6 Å². The Hall–Kier alpha value is -0.820. The molecule has 5 nitrogen and oxygen atoms in total. The van der Waals surface area contributed by atoms with Crippen LogP contribution in [0.1, 0.15) is 22.8 Å². The first kappa shape index (κ1) is 16.2. The van der Waals surface area contributed by atoms with Gasteiger partial charge >= 0.3 is 19.2 Å². The number of benzene rings is 1. The average Bonchev–Trinajstić information content (AvgIpc) is 2.27. The van der Waals surface area contributed by atoms with Crippen LogP contribution in [0.15, 0.2) is 22.7 Å². The molecular weight excluding hydrogens is 349 g/mol. The highest BCUT2D eigenvalue weighted by molar-refractivity contribution is 9.10. The maximum atomic E-state index is 13.9. The molecular formula is C10H10BrF2O5P. The maximum Gasteiger partial charge on any atom is 0.401 e. The number of halogens is 3. The molecule has 2 N–H and O–H groups in total. The van der Waals surface area contributed by atoms with Gasteiger partial charge in [0.15, 0.2) is 0 Å². The third-order valence-corrected chi connectivity index (χ3v) is 4.41. The summed E-state index contributed by atoms with van der Waals surface area (Å²) in [6, 6.07) is 2.62. The number of hydrogen-bond acceptors (Lipinski definition) is 3. The van der Waals surface area contributed by atoms with Gasteiger partial charge in [-0.15, -0.1) is 0 Å². The van der Waals surface area contributed by atoms with Crippen molar-refractivity contribution in [1.82, 2.24) is 0 Å². The SMILES string of the molecule is CCOP(=O)(O)C(F)(F)c1ccc(C(=O)O)cc1Br. The summed E-state index contributed by atoms with van der Waals surface area (Å²) in [4.78, 5) is 19.9. The number of carbonyl (C=O) groups is 1. The summed E-state index contributed by atoms with van der Waals surface area (Å²) in [5, 5.41) is 8.71. The summed E-state index contributed by atoms with van der Waals surface area (Å²) in [5.41, 5.74) is -5.17. The molecule has 0 saturated heterocycles. The van der Waals surface area contributed by atoms with E-state index in [1.54, 1.807) is 0 Å². The molecule has 0 amide bonds. The standard InChI is InChI=1S/C10H10BrF2O5P/c1-2-18-19(16,17)10(12,13)7-4-3-6(9(14)15)5-8(7)11/h3-5H,2H2,1H3,(H,14,15)(H,16,17). The topological polar surface area (TPSA) is 83.8 Å². The van der Waals surface area contributed by atoms with Crippen LogP contribution in [0.25, 0.3) is 0 Å². The highest BCUT2D eigenvalue weighted by Gasteiger charge is 2.53. The molecule has 0 radical (unpaired) electrons. The molecule has 0 aliphatic heterocycles. The van der Waals surface area contributed by atoms with Crippen LogP contribution in [0, 0.1) is 0 Å². The van der Waals surface area contributed by atoms with E-state index in [0.717, 1.165) is 18.2 Å². The van der Waals surface area contributed by atoms with Crippen LogP contribution in [0.4, 0.5) is 8.78 Å². The Morgan fingerprint density at radius 1 is 1.53 bits per heavy atom. The highest BCUT2D eigenvalue weighted by atomic mass is 79.9. The van der Waals surface area contributed by atoms with Crippen molar-refractivity contribution in [2.24, 2.45) is 0 Å². The second-order valence-electron chi connectivity index (χ2n) is 3.48. The van der Waals surface area contributed by atoms with Gasteiger partial charge in [-0.2, -0.15) is 8.78 Å². The second-order valence-corrected chi connectivity index (χ2v) is 6.19. The second kappa shape index (κ2) is 5.66. The van der Waals surface area contributed by atoms with Gasteiger partial charge in [0.05, 0.1) is 12.2 Å². The first-order valence-electron chi connectivity index (χ1n) is 5.02. The van der Waals surface area contributed by atoms with Crippen molar-refractivity contribution in [1.29, 1.82) is 0 Å². The summed E-state index contributed by atoms with van der Waals surface area (Å²) in [6.45, 7) is 0.954. The van der Waals surface area contributed by atoms with Gasteiger partial charge in [0.1, 0.15) is 0 Å². The highest BCUT2D eigenvalue weighted by Crippen LogP contribution is 2.64. The normalized spacial score (nSPS) is 15.0. The van der Waals surface area contributed by atoms with E-state index in [9.17, 15) is 23.0 Å². The number of hydrogen-bond donors (Lipinski definition) is 2. The maximum absolute atomic E-state index is 13.9. The molecule has 0 bridgehead atoms. The predicted molar refractivity (Wildman–Crippen MR) is 66.4 cm³/mol. The fourth-order valence-corrected chi connectivity index (χ4v) is 3.09. The molecule has 0 heterocycles. The van der Waals surface area contributed by atoms with Gasteiger partial charge in [-0.25, -0.2) is 4.79 Å². The third kappa shape index (κ3) is 3.20. The van der Waals surface area contributed by atoms with Crippen LogP contribution in [-0.2, 0) is 14.8 Å². The fraction of sp³-hybridized carbons (Fsp3) is 0.300. The van der Waals surface area contributed by atoms with E-state index < -0.39 is 24.8 Å². The Morgan fingerprint density at radius 3 is 2.53 bits per heavy atom. The van der Waals surface area contributed by atoms with Crippen LogP contribution in [0.2, 0.25) is 0 Å². The molecule has 1 rings (SSSR count). The predicted octanol–water partition coefficient (Wildman–Crippen LogP) is 3.42. The van der Waals surface area contributed by atoms with Crippen LogP contribution in [0.5, 0.6) is 0 Å². The summed E-state index contributed by atoms with van der Waals surface area (Å²) >= 11 is 2.76. The van der Waals surface area contributed by atoms with Gasteiger partial charge in [-0.05, 0) is 19.1 Å². The van der Waals surface area contributed by atoms with E-state index in [0.29, 0.717) is 0 Å². The Balaban J connectivity index is 3.30. The Labute approximate surface area is 115 Å². The van der Waals surface area contributed by atoms with Gasteiger partial charge < -0.3 is 14.5 Å². The smallest absolute Gasteiger partial charge is 0.401 e. The van der Waals surface area contributed by atoms with Crippen LogP contribution in [-0.4, -0.2) is 22.6 Å². The third-order valence-electron chi connectivity index (χ3n) is 2.20. The van der Waals surface area contributed by atoms with E-state index in [1.165, 1.54) is 6.92 Å². The minimum Gasteiger partial charge on any atom is -0.478 e. The lowest BCUT2D eigenvalue weighted by Gasteiger charge is -2.22. The number of rotatable bonds is 5. The van der Waals surface area contributed by atoms with E-state index >= 15 is 0 Å². The van der Waals surface area contributed by atoms with E-state index in [2.05, 4.69) is 20.5 Å². The molecule has 0 spiro atoms. The molecule has 1 aromatic rings. The van der Waals surface area contributed by atoms with E-state index in [-0.39, 0.29) is 16.6 Å². The molecule has 0 aliphatic carbocycles. The van der Waals surface area contributed by atoms with Crippen molar-refractivity contribution in [3.05, 3.63) is 33.8 Å². The zero-order valence-electron chi connectivity index (χ0n) is 9.64. The van der Waals surface area contributed by atoms with Crippen molar-refractivity contribution in [3.63, 3.8) is 0 Å². The number of carboxylic acids is 1. The van der Waals surface area contributed by atoms with Gasteiger partial charge in [-0.1, -0.05) is 22.0 Å². The average molecular weight is 359 g/mol. The minimum absolute atomic E-state index is 0.226. The molecule has 1 aromatic carbocycles. The first-order chi connectivity index (χ1) is 8.63. The Bertz CT molecular complexity index is 549. The summed E-state index contributed by atoms with van der Waals surface area (Å²) < 4.78 is 43.2. The molecule has 19 heavy (non-hydrogen) atoms. The zero-order chi connectivity index (χ0) is 14.8. The molecule has 9 heteroatoms. The van der Waals surface area contributed by atoms with E-state index in [1.807, 2.05) is 0 Å². The molecule has 106 valence electrons. The van der Waals surface area contributed by atoms with Crippen molar-refractivity contribution >= 4 is 29.5 Å². The van der Waals surface area contributed by atoms with Crippen molar-refractivity contribution in [2.75, 3.05) is 6.61 Å². The Morgan fingerprint density at radius 2 is 2.11 bits per heavy atom. The summed E-state index contributed by atoms with van der Waals surface area (Å²) in [5.74, 6) is -1.30. The molecule has 0 aliphatic rings. The number of alkyl halides is 2. The van der Waals surface area contributed by atoms with E-state index in [4.69, 9.17) is 5.11 Å². The molecule has 1 atom stereocenters. The lowest BCUT2D eigenvalue weighted by Crippen LogP contribution is -2.17. The van der Waals surface area contributed by atoms with Crippen LogP contribution < -0.4 is 0 Å². The molecule has 0 saturated carbocycles. The van der Waals surface area contributed by atoms with Crippen LogP contribution in [0.3, 0.4) is 0 Å². The zero-order valence-corrected chi connectivity index (χ0v) is 12.1.